The molecule has 0 unspecified atom stereocenters. The summed E-state index contributed by atoms with van der Waals surface area (Å²) in [6.07, 6.45) is 6.47. The minimum atomic E-state index is -1.70. The molecule has 4 atom stereocenters. The van der Waals surface area contributed by atoms with Gasteiger partial charge in [-0.15, -0.1) is 11.8 Å². The number of piperidine rings is 2. The highest BCUT2D eigenvalue weighted by atomic mass is 32.2. The van der Waals surface area contributed by atoms with E-state index in [1.54, 1.807) is 32.1 Å². The monoisotopic (exact) mass is 440 g/mol. The Morgan fingerprint density at radius 1 is 1.00 bits per heavy atom. The van der Waals surface area contributed by atoms with Gasteiger partial charge in [0.2, 0.25) is 11.8 Å². The molecule has 4 aliphatic rings. The van der Waals surface area contributed by atoms with Crippen LogP contribution < -0.4 is 0 Å². The van der Waals surface area contributed by atoms with Crippen LogP contribution in [0.15, 0.2) is 0 Å². The average Bonchev–Trinajstić information content (AvgIpc) is 2.73. The average molecular weight is 441 g/mol. The van der Waals surface area contributed by atoms with Crippen LogP contribution in [0.3, 0.4) is 0 Å². The van der Waals surface area contributed by atoms with Crippen molar-refractivity contribution in [3.05, 3.63) is 0 Å². The molecule has 0 aromatic rings. The van der Waals surface area contributed by atoms with Crippen molar-refractivity contribution in [3.63, 3.8) is 0 Å². The van der Waals surface area contributed by atoms with E-state index in [0.29, 0.717) is 0 Å². The van der Waals surface area contributed by atoms with Crippen molar-refractivity contribution in [2.24, 2.45) is 17.3 Å². The van der Waals surface area contributed by atoms with Crippen LogP contribution in [0.4, 0.5) is 0 Å². The number of fused-ring (bicyclic) bond motifs is 3. The Labute approximate surface area is 182 Å². The molecule has 0 spiro atoms. The van der Waals surface area contributed by atoms with E-state index in [4.69, 9.17) is 9.47 Å². The molecule has 9 heteroatoms. The Balaban J connectivity index is 2.24. The Hall–Kier alpha value is -1.77. The molecule has 2 amide bonds. The number of hydrogen-bond acceptors (Lipinski definition) is 7. The number of rotatable bonds is 6. The first-order chi connectivity index (χ1) is 14.2. The molecule has 30 heavy (non-hydrogen) atoms. The molecule has 0 aromatic carbocycles. The van der Waals surface area contributed by atoms with Crippen molar-refractivity contribution in [3.8, 4) is 0 Å². The molecule has 1 aliphatic carbocycles. The summed E-state index contributed by atoms with van der Waals surface area (Å²) >= 11 is 1.25. The fourth-order valence-electron chi connectivity index (χ4n) is 5.57. The van der Waals surface area contributed by atoms with E-state index in [0.717, 1.165) is 32.1 Å². The fourth-order valence-corrected chi connectivity index (χ4v) is 6.84. The molecule has 3 aliphatic heterocycles. The molecule has 3 heterocycles. The van der Waals surface area contributed by atoms with E-state index in [2.05, 4.69) is 0 Å². The molecular formula is C21H32N2O6S. The van der Waals surface area contributed by atoms with Crippen LogP contribution >= 0.6 is 11.8 Å². The molecule has 8 nitrogen and oxygen atoms in total. The van der Waals surface area contributed by atoms with Gasteiger partial charge < -0.3 is 19.3 Å². The van der Waals surface area contributed by atoms with Crippen LogP contribution in [0.5, 0.6) is 0 Å². The van der Waals surface area contributed by atoms with Crippen molar-refractivity contribution >= 4 is 35.5 Å². The highest BCUT2D eigenvalue weighted by molar-refractivity contribution is 8.00. The number of thioether (sulfide) groups is 1. The number of esters is 2. The van der Waals surface area contributed by atoms with E-state index < -0.39 is 40.1 Å². The van der Waals surface area contributed by atoms with Crippen LogP contribution in [-0.4, -0.2) is 71.1 Å². The molecule has 1 saturated carbocycles. The summed E-state index contributed by atoms with van der Waals surface area (Å²) in [6, 6.07) is -0.0892. The van der Waals surface area contributed by atoms with Gasteiger partial charge in [-0.1, -0.05) is 19.3 Å². The summed E-state index contributed by atoms with van der Waals surface area (Å²) in [5.41, 5.74) is -1.70. The largest absolute Gasteiger partial charge is 0.466 e. The maximum atomic E-state index is 13.9. The second-order valence-electron chi connectivity index (χ2n) is 8.36. The Kier molecular flexibility index (Phi) is 6.41. The third-order valence-electron chi connectivity index (χ3n) is 6.92. The number of carbonyl (C=O) groups is 4. The zero-order chi connectivity index (χ0) is 22.3. The number of hydrogen-bond donors (Lipinski definition) is 0. The zero-order valence-electron chi connectivity index (χ0n) is 18.4. The first kappa shape index (κ1) is 22.9. The van der Waals surface area contributed by atoms with Gasteiger partial charge >= 0.3 is 11.9 Å². The summed E-state index contributed by atoms with van der Waals surface area (Å²) in [6.45, 7) is 5.08. The lowest BCUT2D eigenvalue weighted by molar-refractivity contribution is -0.224. The first-order valence-electron chi connectivity index (χ1n) is 10.7. The van der Waals surface area contributed by atoms with E-state index >= 15 is 0 Å². The standard InChI is InChI=1S/C21H32N2O6S/c1-6-28-16(24)14-15(17(25)29-7-2)21(30-5)22(4)18(26)20(14,3)19(27)23(21)13-11-9-8-10-12-13/h13-15H,6-12H2,1-5H3/t14-,15-,20-,21-/m1/s1. The van der Waals surface area contributed by atoms with Crippen LogP contribution in [0, 0.1) is 17.3 Å². The summed E-state index contributed by atoms with van der Waals surface area (Å²) < 4.78 is 10.6. The molecule has 2 bridgehead atoms. The van der Waals surface area contributed by atoms with Crippen molar-refractivity contribution in [2.45, 2.75) is 63.9 Å². The highest BCUT2D eigenvalue weighted by Gasteiger charge is 2.78. The van der Waals surface area contributed by atoms with Gasteiger partial charge in [0, 0.05) is 13.1 Å². The molecular weight excluding hydrogens is 408 g/mol. The minimum Gasteiger partial charge on any atom is -0.466 e. The Morgan fingerprint density at radius 2 is 1.53 bits per heavy atom. The maximum Gasteiger partial charge on any atom is 0.315 e. The summed E-state index contributed by atoms with van der Waals surface area (Å²) in [5, 5.41) is 0. The number of ether oxygens (including phenoxy) is 2. The van der Waals surface area contributed by atoms with Gasteiger partial charge in [0.25, 0.3) is 0 Å². The Morgan fingerprint density at radius 3 is 2.03 bits per heavy atom. The van der Waals surface area contributed by atoms with Gasteiger partial charge in [0.1, 0.15) is 11.3 Å². The third kappa shape index (κ3) is 2.95. The SMILES string of the molecule is CCOC(=O)[C@H]1[C@H](C(=O)OCC)[C@@]2(SC)N(C)C(=O)[C@]1(C)C(=O)N2C1CCCCC1. The summed E-state index contributed by atoms with van der Waals surface area (Å²) in [4.78, 5) is 55.6. The van der Waals surface area contributed by atoms with Crippen LogP contribution in [0.2, 0.25) is 0 Å². The quantitative estimate of drug-likeness (QED) is 0.461. The fraction of sp³-hybridized carbons (Fsp3) is 0.810. The molecule has 4 fully saturated rings. The second kappa shape index (κ2) is 8.40. The molecule has 3 saturated heterocycles. The van der Waals surface area contributed by atoms with E-state index in [1.165, 1.54) is 23.6 Å². The van der Waals surface area contributed by atoms with E-state index in [1.807, 2.05) is 0 Å². The summed E-state index contributed by atoms with van der Waals surface area (Å²) in [7, 11) is 1.62. The maximum absolute atomic E-state index is 13.9. The highest BCUT2D eigenvalue weighted by Crippen LogP contribution is 2.60. The smallest absolute Gasteiger partial charge is 0.315 e. The van der Waals surface area contributed by atoms with Gasteiger partial charge in [-0.2, -0.15) is 0 Å². The minimum absolute atomic E-state index is 0.0892. The van der Waals surface area contributed by atoms with Crippen LogP contribution in [0.25, 0.3) is 0 Å². The topological polar surface area (TPSA) is 93.2 Å². The van der Waals surface area contributed by atoms with Gasteiger partial charge in [-0.05, 0) is 39.9 Å². The number of carbonyl (C=O) groups excluding carboxylic acids is 4. The number of nitrogens with zero attached hydrogens (tertiary/aromatic N) is 2. The molecule has 4 rings (SSSR count). The Bertz CT molecular complexity index is 739. The lowest BCUT2D eigenvalue weighted by Gasteiger charge is -2.66. The predicted octanol–water partition coefficient (Wildman–Crippen LogP) is 2.01. The van der Waals surface area contributed by atoms with Crippen LogP contribution in [0.1, 0.15) is 52.9 Å². The predicted molar refractivity (Wildman–Crippen MR) is 111 cm³/mol. The van der Waals surface area contributed by atoms with E-state index in [-0.39, 0.29) is 25.2 Å². The molecule has 0 aromatic heterocycles. The lowest BCUT2D eigenvalue weighted by atomic mass is 9.60. The normalized spacial score (nSPS) is 34.3. The van der Waals surface area contributed by atoms with Crippen LogP contribution in [-0.2, 0) is 28.7 Å². The second-order valence-corrected chi connectivity index (χ2v) is 9.36. The van der Waals surface area contributed by atoms with E-state index in [9.17, 15) is 19.2 Å². The van der Waals surface area contributed by atoms with Crippen molar-refractivity contribution in [1.82, 2.24) is 9.80 Å². The lowest BCUT2D eigenvalue weighted by Crippen LogP contribution is -2.84. The zero-order valence-corrected chi connectivity index (χ0v) is 19.3. The van der Waals surface area contributed by atoms with Gasteiger partial charge in [0.05, 0.1) is 19.1 Å². The molecule has 0 radical (unpaired) electrons. The van der Waals surface area contributed by atoms with Gasteiger partial charge in [-0.25, -0.2) is 0 Å². The molecule has 168 valence electrons. The van der Waals surface area contributed by atoms with Crippen molar-refractivity contribution in [2.75, 3.05) is 26.5 Å². The third-order valence-corrected chi connectivity index (χ3v) is 8.24. The first-order valence-corrected chi connectivity index (χ1v) is 12.0. The molecule has 0 N–H and O–H groups in total. The van der Waals surface area contributed by atoms with Crippen molar-refractivity contribution < 1.29 is 28.7 Å². The van der Waals surface area contributed by atoms with Crippen molar-refractivity contribution in [1.29, 1.82) is 0 Å². The van der Waals surface area contributed by atoms with Gasteiger partial charge in [-0.3, -0.25) is 19.2 Å². The summed E-state index contributed by atoms with van der Waals surface area (Å²) in [5.74, 6) is -4.37. The van der Waals surface area contributed by atoms with Gasteiger partial charge in [0.15, 0.2) is 4.99 Å². The number of amides is 2.